The first-order chi connectivity index (χ1) is 5.79. The molecule has 0 fully saturated rings. The smallest absolute Gasteiger partial charge is 0.413 e. The van der Waals surface area contributed by atoms with Gasteiger partial charge in [0.05, 0.1) is 0 Å². The molecule has 12 heavy (non-hydrogen) atoms. The summed E-state index contributed by atoms with van der Waals surface area (Å²) < 4.78 is 0.558. The molecule has 0 saturated carbocycles. The van der Waals surface area contributed by atoms with E-state index in [4.69, 9.17) is 5.73 Å². The van der Waals surface area contributed by atoms with Gasteiger partial charge in [-0.1, -0.05) is 17.2 Å². The molecule has 0 amide bonds. The van der Waals surface area contributed by atoms with Crippen LogP contribution < -0.4 is 10.5 Å². The quantitative estimate of drug-likeness (QED) is 0.431. The minimum Gasteiger partial charge on any atom is -0.740 e. The Labute approximate surface area is 68.0 Å². The highest BCUT2D eigenvalue weighted by molar-refractivity contribution is 5.70. The number of aromatic nitrogens is 3. The Morgan fingerprint density at radius 2 is 2.00 bits per heavy atom. The highest BCUT2D eigenvalue weighted by Gasteiger charge is 2.04. The van der Waals surface area contributed by atoms with Gasteiger partial charge < -0.3 is 5.21 Å². The van der Waals surface area contributed by atoms with Crippen LogP contribution in [-0.2, 0) is 0 Å². The van der Waals surface area contributed by atoms with E-state index in [9.17, 15) is 5.21 Å². The number of nitrogens with zero attached hydrogens (tertiary/aromatic N) is 3. The highest BCUT2D eigenvalue weighted by atomic mass is 16.5. The molecule has 0 bridgehead atoms. The summed E-state index contributed by atoms with van der Waals surface area (Å²) in [5.41, 5.74) is 6.24. The summed E-state index contributed by atoms with van der Waals surface area (Å²) >= 11 is 0. The number of hydrogen-bond donors (Lipinski definition) is 1. The Morgan fingerprint density at radius 3 is 2.83 bits per heavy atom. The first-order valence-corrected chi connectivity index (χ1v) is 3.39. The van der Waals surface area contributed by atoms with Crippen LogP contribution in [0.1, 0.15) is 0 Å². The van der Waals surface area contributed by atoms with Gasteiger partial charge in [-0.15, -0.1) is 0 Å². The molecule has 0 radical (unpaired) electrons. The second-order valence-corrected chi connectivity index (χ2v) is 2.34. The SMILES string of the molecule is Nc1nnc2ccccc2[n+]1[O-]. The van der Waals surface area contributed by atoms with Crippen molar-refractivity contribution in [1.29, 1.82) is 0 Å². The van der Waals surface area contributed by atoms with E-state index in [0.717, 1.165) is 0 Å². The molecular formula is C7H6N4O. The lowest BCUT2D eigenvalue weighted by Gasteiger charge is -2.05. The molecule has 2 rings (SSSR count). The third-order valence-electron chi connectivity index (χ3n) is 1.57. The number of nitrogen functional groups attached to an aromatic ring is 1. The minimum atomic E-state index is -0.131. The molecule has 0 aliphatic carbocycles. The number of fused-ring (bicyclic) bond motifs is 1. The van der Waals surface area contributed by atoms with Crippen LogP contribution in [-0.4, -0.2) is 10.2 Å². The van der Waals surface area contributed by atoms with Crippen molar-refractivity contribution in [3.63, 3.8) is 0 Å². The molecule has 5 nitrogen and oxygen atoms in total. The molecule has 5 heteroatoms. The zero-order valence-electron chi connectivity index (χ0n) is 6.14. The number of hydrogen-bond acceptors (Lipinski definition) is 4. The van der Waals surface area contributed by atoms with E-state index < -0.39 is 0 Å². The molecule has 0 aliphatic heterocycles. The van der Waals surface area contributed by atoms with Crippen LogP contribution in [0.2, 0.25) is 0 Å². The van der Waals surface area contributed by atoms with Crippen LogP contribution in [0, 0.1) is 5.21 Å². The van der Waals surface area contributed by atoms with Gasteiger partial charge in [0.1, 0.15) is 11.0 Å². The maximum Gasteiger partial charge on any atom is 0.413 e. The van der Waals surface area contributed by atoms with Crippen LogP contribution in [0.4, 0.5) is 5.95 Å². The summed E-state index contributed by atoms with van der Waals surface area (Å²) in [7, 11) is 0. The molecule has 0 spiro atoms. The van der Waals surface area contributed by atoms with Crippen molar-refractivity contribution < 1.29 is 4.73 Å². The summed E-state index contributed by atoms with van der Waals surface area (Å²) in [5.74, 6) is -0.131. The fourth-order valence-corrected chi connectivity index (χ4v) is 0.990. The standard InChI is InChI=1S/C7H6N4O/c8-7-10-9-5-3-1-2-4-6(5)11(7)12/h1-4H,(H2,8,10). The van der Waals surface area contributed by atoms with Crippen molar-refractivity contribution in [2.45, 2.75) is 0 Å². The van der Waals surface area contributed by atoms with E-state index >= 15 is 0 Å². The normalized spacial score (nSPS) is 10.3. The molecule has 0 saturated heterocycles. The average Bonchev–Trinajstić information content (AvgIpc) is 2.12. The van der Waals surface area contributed by atoms with Crippen LogP contribution in [0.15, 0.2) is 24.3 Å². The fourth-order valence-electron chi connectivity index (χ4n) is 0.990. The molecule has 2 aromatic rings. The van der Waals surface area contributed by atoms with E-state index in [-0.39, 0.29) is 5.95 Å². The zero-order valence-corrected chi connectivity index (χ0v) is 6.14. The molecule has 1 aromatic heterocycles. The van der Waals surface area contributed by atoms with Crippen LogP contribution in [0.5, 0.6) is 0 Å². The first kappa shape index (κ1) is 6.78. The number of para-hydroxylation sites is 1. The van der Waals surface area contributed by atoms with E-state index in [1.807, 2.05) is 0 Å². The Balaban J connectivity index is 2.91. The summed E-state index contributed by atoms with van der Waals surface area (Å²) in [6, 6.07) is 6.88. The number of rotatable bonds is 0. The van der Waals surface area contributed by atoms with Crippen molar-refractivity contribution in [2.24, 2.45) is 0 Å². The van der Waals surface area contributed by atoms with Crippen molar-refractivity contribution >= 4 is 17.0 Å². The van der Waals surface area contributed by atoms with Gasteiger partial charge in [0, 0.05) is 5.10 Å². The van der Waals surface area contributed by atoms with E-state index in [1.165, 1.54) is 0 Å². The van der Waals surface area contributed by atoms with E-state index in [0.29, 0.717) is 15.8 Å². The molecular weight excluding hydrogens is 156 g/mol. The molecule has 1 heterocycles. The summed E-state index contributed by atoms with van der Waals surface area (Å²) in [6.07, 6.45) is 0. The predicted molar refractivity (Wildman–Crippen MR) is 42.9 cm³/mol. The Bertz CT molecular complexity index is 429. The summed E-state index contributed by atoms with van der Waals surface area (Å²) in [5, 5.41) is 18.4. The van der Waals surface area contributed by atoms with Crippen molar-refractivity contribution in [1.82, 2.24) is 10.2 Å². The van der Waals surface area contributed by atoms with Crippen LogP contribution >= 0.6 is 0 Å². The van der Waals surface area contributed by atoms with Crippen molar-refractivity contribution in [2.75, 3.05) is 5.73 Å². The van der Waals surface area contributed by atoms with Gasteiger partial charge in [-0.05, 0) is 12.1 Å². The van der Waals surface area contributed by atoms with Gasteiger partial charge in [0.15, 0.2) is 0 Å². The third-order valence-corrected chi connectivity index (χ3v) is 1.57. The van der Waals surface area contributed by atoms with Gasteiger partial charge in [-0.3, -0.25) is 5.73 Å². The molecule has 2 N–H and O–H groups in total. The van der Waals surface area contributed by atoms with Crippen molar-refractivity contribution in [3.05, 3.63) is 29.5 Å². The lowest BCUT2D eigenvalue weighted by atomic mass is 10.3. The summed E-state index contributed by atoms with van der Waals surface area (Å²) in [4.78, 5) is 0. The molecule has 0 unspecified atom stereocenters. The fraction of sp³-hybridized carbons (Fsp3) is 0. The minimum absolute atomic E-state index is 0.131. The molecule has 60 valence electrons. The lowest BCUT2D eigenvalue weighted by molar-refractivity contribution is -0.564. The Kier molecular flexibility index (Phi) is 1.30. The highest BCUT2D eigenvalue weighted by Crippen LogP contribution is 2.04. The number of nitrogens with two attached hydrogens (primary N) is 1. The number of benzene rings is 1. The number of anilines is 1. The van der Waals surface area contributed by atoms with Gasteiger partial charge >= 0.3 is 5.95 Å². The average molecular weight is 162 g/mol. The Morgan fingerprint density at radius 1 is 1.25 bits per heavy atom. The van der Waals surface area contributed by atoms with Crippen LogP contribution in [0.25, 0.3) is 11.0 Å². The molecule has 0 atom stereocenters. The van der Waals surface area contributed by atoms with Gasteiger partial charge in [0.2, 0.25) is 0 Å². The lowest BCUT2D eigenvalue weighted by Crippen LogP contribution is -2.33. The first-order valence-electron chi connectivity index (χ1n) is 3.39. The maximum absolute atomic E-state index is 11.2. The van der Waals surface area contributed by atoms with Crippen LogP contribution in [0.3, 0.4) is 0 Å². The second-order valence-electron chi connectivity index (χ2n) is 2.34. The van der Waals surface area contributed by atoms with Gasteiger partial charge in [0.25, 0.3) is 0 Å². The zero-order chi connectivity index (χ0) is 8.55. The summed E-state index contributed by atoms with van der Waals surface area (Å²) in [6.45, 7) is 0. The topological polar surface area (TPSA) is 78.7 Å². The predicted octanol–water partition coefficient (Wildman–Crippen LogP) is -0.155. The molecule has 0 aliphatic rings. The third kappa shape index (κ3) is 0.833. The van der Waals surface area contributed by atoms with Crippen molar-refractivity contribution in [3.8, 4) is 0 Å². The van der Waals surface area contributed by atoms with Gasteiger partial charge in [-0.25, -0.2) is 4.73 Å². The monoisotopic (exact) mass is 162 g/mol. The largest absolute Gasteiger partial charge is 0.740 e. The van der Waals surface area contributed by atoms with Gasteiger partial charge in [-0.2, -0.15) is 0 Å². The molecule has 1 aromatic carbocycles. The second kappa shape index (κ2) is 2.30. The maximum atomic E-state index is 11.2. The van der Waals surface area contributed by atoms with E-state index in [2.05, 4.69) is 10.2 Å². The Hall–Kier alpha value is -1.91. The van der Waals surface area contributed by atoms with E-state index in [1.54, 1.807) is 24.3 Å².